The maximum atomic E-state index is 11.9. The third kappa shape index (κ3) is 1.78. The van der Waals surface area contributed by atoms with Crippen LogP contribution in [0.2, 0.25) is 0 Å². The number of fused-ring (bicyclic) bond motifs is 1. The van der Waals surface area contributed by atoms with Crippen molar-refractivity contribution in [3.63, 3.8) is 0 Å². The van der Waals surface area contributed by atoms with Crippen molar-refractivity contribution in [2.75, 3.05) is 0 Å². The van der Waals surface area contributed by atoms with Gasteiger partial charge in [-0.1, -0.05) is 30.3 Å². The number of nitrogens with zero attached hydrogens (tertiary/aromatic N) is 1. The fourth-order valence-corrected chi connectivity index (χ4v) is 3.03. The summed E-state index contributed by atoms with van der Waals surface area (Å²) in [6.45, 7) is 0.532. The Hall–Kier alpha value is -1.84. The van der Waals surface area contributed by atoms with Crippen molar-refractivity contribution in [2.45, 2.75) is 25.4 Å². The summed E-state index contributed by atoms with van der Waals surface area (Å²) in [7, 11) is 0. The quantitative estimate of drug-likeness (QED) is 0.878. The molecule has 1 aliphatic carbocycles. The Morgan fingerprint density at radius 3 is 2.72 bits per heavy atom. The minimum atomic E-state index is -0.766. The highest BCUT2D eigenvalue weighted by molar-refractivity contribution is 5.83. The van der Waals surface area contributed by atoms with E-state index in [4.69, 9.17) is 5.11 Å². The van der Waals surface area contributed by atoms with Gasteiger partial charge in [-0.05, 0) is 17.9 Å². The third-order valence-electron chi connectivity index (χ3n) is 3.98. The summed E-state index contributed by atoms with van der Waals surface area (Å²) in [6, 6.07) is 9.65. The first-order valence-electron chi connectivity index (χ1n) is 6.24. The number of carboxylic acid groups (broad SMARTS) is 1. The van der Waals surface area contributed by atoms with Crippen LogP contribution < -0.4 is 0 Å². The fourth-order valence-electron chi connectivity index (χ4n) is 3.03. The van der Waals surface area contributed by atoms with Gasteiger partial charge in [-0.2, -0.15) is 0 Å². The Labute approximate surface area is 105 Å². The molecule has 2 fully saturated rings. The molecule has 0 aromatic heterocycles. The average Bonchev–Trinajstić information content (AvgIpc) is 3.09. The van der Waals surface area contributed by atoms with E-state index in [-0.39, 0.29) is 23.8 Å². The van der Waals surface area contributed by atoms with E-state index in [1.54, 1.807) is 4.90 Å². The number of hydrogen-bond acceptors (Lipinski definition) is 2. The maximum Gasteiger partial charge on any atom is 0.308 e. The van der Waals surface area contributed by atoms with Crippen molar-refractivity contribution in [3.05, 3.63) is 35.9 Å². The van der Waals surface area contributed by atoms with Gasteiger partial charge < -0.3 is 10.0 Å². The summed E-state index contributed by atoms with van der Waals surface area (Å²) in [5.41, 5.74) is 1.06. The molecule has 0 spiro atoms. The van der Waals surface area contributed by atoms with Gasteiger partial charge in [0.25, 0.3) is 0 Å². The molecule has 4 heteroatoms. The third-order valence-corrected chi connectivity index (χ3v) is 3.98. The van der Waals surface area contributed by atoms with Gasteiger partial charge in [-0.15, -0.1) is 0 Å². The molecule has 1 N–H and O–H groups in total. The van der Waals surface area contributed by atoms with Crippen LogP contribution in [-0.4, -0.2) is 27.9 Å². The Balaban J connectivity index is 1.78. The Bertz CT molecular complexity index is 485. The SMILES string of the molecule is O=C(O)C1C2CCC(=O)N(Cc3ccccc3)C21. The zero-order valence-electron chi connectivity index (χ0n) is 9.95. The summed E-state index contributed by atoms with van der Waals surface area (Å²) in [5, 5.41) is 9.12. The second-order valence-electron chi connectivity index (χ2n) is 5.06. The van der Waals surface area contributed by atoms with Gasteiger partial charge >= 0.3 is 5.97 Å². The predicted molar refractivity (Wildman–Crippen MR) is 64.6 cm³/mol. The summed E-state index contributed by atoms with van der Waals surface area (Å²) in [4.78, 5) is 24.8. The lowest BCUT2D eigenvalue weighted by Crippen LogP contribution is -2.37. The van der Waals surface area contributed by atoms with Gasteiger partial charge in [0.1, 0.15) is 0 Å². The van der Waals surface area contributed by atoms with Crippen molar-refractivity contribution >= 4 is 11.9 Å². The minimum Gasteiger partial charge on any atom is -0.481 e. The van der Waals surface area contributed by atoms with E-state index in [0.29, 0.717) is 13.0 Å². The summed E-state index contributed by atoms with van der Waals surface area (Å²) < 4.78 is 0. The Morgan fingerprint density at radius 1 is 1.33 bits per heavy atom. The molecule has 2 aliphatic rings. The molecule has 0 radical (unpaired) electrons. The van der Waals surface area contributed by atoms with E-state index in [1.165, 1.54) is 0 Å². The molecule has 1 saturated heterocycles. The first kappa shape index (κ1) is 11.3. The number of likely N-dealkylation sites (tertiary alicyclic amines) is 1. The molecule has 1 amide bonds. The zero-order valence-corrected chi connectivity index (χ0v) is 9.95. The maximum absolute atomic E-state index is 11.9. The van der Waals surface area contributed by atoms with Gasteiger partial charge in [0.2, 0.25) is 5.91 Å². The van der Waals surface area contributed by atoms with Gasteiger partial charge in [0, 0.05) is 19.0 Å². The predicted octanol–water partition coefficient (Wildman–Crippen LogP) is 1.51. The number of hydrogen-bond donors (Lipinski definition) is 1. The highest BCUT2D eigenvalue weighted by Crippen LogP contribution is 2.50. The molecule has 1 saturated carbocycles. The van der Waals surface area contributed by atoms with Crippen molar-refractivity contribution < 1.29 is 14.7 Å². The molecule has 94 valence electrons. The first-order valence-corrected chi connectivity index (χ1v) is 6.24. The summed E-state index contributed by atoms with van der Waals surface area (Å²) in [5.74, 6) is -0.856. The van der Waals surface area contributed by atoms with Crippen LogP contribution in [0.25, 0.3) is 0 Å². The summed E-state index contributed by atoms with van der Waals surface area (Å²) >= 11 is 0. The van der Waals surface area contributed by atoms with E-state index in [2.05, 4.69) is 0 Å². The van der Waals surface area contributed by atoms with Crippen molar-refractivity contribution in [2.24, 2.45) is 11.8 Å². The van der Waals surface area contributed by atoms with Crippen molar-refractivity contribution in [1.82, 2.24) is 4.90 Å². The van der Waals surface area contributed by atoms with E-state index < -0.39 is 5.97 Å². The van der Waals surface area contributed by atoms with E-state index >= 15 is 0 Å². The Kier molecular flexibility index (Phi) is 2.58. The summed E-state index contributed by atoms with van der Waals surface area (Å²) in [6.07, 6.45) is 1.21. The number of amides is 1. The van der Waals surface area contributed by atoms with Crippen LogP contribution in [0.5, 0.6) is 0 Å². The molecule has 4 nitrogen and oxygen atoms in total. The Morgan fingerprint density at radius 2 is 2.06 bits per heavy atom. The zero-order chi connectivity index (χ0) is 12.7. The highest BCUT2D eigenvalue weighted by Gasteiger charge is 2.60. The lowest BCUT2D eigenvalue weighted by molar-refractivity contribution is -0.139. The number of carbonyl (C=O) groups is 2. The van der Waals surface area contributed by atoms with Crippen LogP contribution >= 0.6 is 0 Å². The van der Waals surface area contributed by atoms with Crippen molar-refractivity contribution in [3.8, 4) is 0 Å². The van der Waals surface area contributed by atoms with Crippen LogP contribution in [0.3, 0.4) is 0 Å². The molecule has 0 bridgehead atoms. The lowest BCUT2D eigenvalue weighted by atomic mass is 10.1. The smallest absolute Gasteiger partial charge is 0.308 e. The molecule has 1 aliphatic heterocycles. The number of carboxylic acids is 1. The number of benzene rings is 1. The van der Waals surface area contributed by atoms with Crippen LogP contribution in [0, 0.1) is 11.8 Å². The topological polar surface area (TPSA) is 57.6 Å². The standard InChI is InChI=1S/C14H15NO3/c16-11-7-6-10-12(14(17)18)13(10)15(11)8-9-4-2-1-3-5-9/h1-5,10,12-13H,6-8H2,(H,17,18). The van der Waals surface area contributed by atoms with Crippen molar-refractivity contribution in [1.29, 1.82) is 0 Å². The molecule has 1 heterocycles. The molecule has 3 rings (SSSR count). The van der Waals surface area contributed by atoms with Crippen LogP contribution in [-0.2, 0) is 16.1 Å². The molecule has 1 aromatic rings. The molecule has 3 atom stereocenters. The number of piperidine rings is 1. The highest BCUT2D eigenvalue weighted by atomic mass is 16.4. The van der Waals surface area contributed by atoms with Gasteiger partial charge in [-0.3, -0.25) is 9.59 Å². The molecular weight excluding hydrogens is 230 g/mol. The largest absolute Gasteiger partial charge is 0.481 e. The van der Waals surface area contributed by atoms with E-state index in [9.17, 15) is 9.59 Å². The first-order chi connectivity index (χ1) is 8.68. The molecule has 3 unspecified atom stereocenters. The van der Waals surface area contributed by atoms with Gasteiger partial charge in [-0.25, -0.2) is 0 Å². The van der Waals surface area contributed by atoms with Gasteiger partial charge in [0.15, 0.2) is 0 Å². The fraction of sp³-hybridized carbons (Fsp3) is 0.429. The molecule has 18 heavy (non-hydrogen) atoms. The second kappa shape index (κ2) is 4.12. The number of aliphatic carboxylic acids is 1. The minimum absolute atomic E-state index is 0.0797. The number of carbonyl (C=O) groups excluding carboxylic acids is 1. The molecular formula is C14H15NO3. The van der Waals surface area contributed by atoms with Crippen LogP contribution in [0.4, 0.5) is 0 Å². The second-order valence-corrected chi connectivity index (χ2v) is 5.06. The van der Waals surface area contributed by atoms with Crippen LogP contribution in [0.1, 0.15) is 18.4 Å². The monoisotopic (exact) mass is 245 g/mol. The normalized spacial score (nSPS) is 29.9. The molecule has 1 aromatic carbocycles. The van der Waals surface area contributed by atoms with Crippen LogP contribution in [0.15, 0.2) is 30.3 Å². The van der Waals surface area contributed by atoms with Gasteiger partial charge in [0.05, 0.1) is 5.92 Å². The lowest BCUT2D eigenvalue weighted by Gasteiger charge is -2.26. The van der Waals surface area contributed by atoms with E-state index in [1.807, 2.05) is 30.3 Å². The average molecular weight is 245 g/mol. The van der Waals surface area contributed by atoms with E-state index in [0.717, 1.165) is 12.0 Å². The number of rotatable bonds is 3.